The summed E-state index contributed by atoms with van der Waals surface area (Å²) in [6.07, 6.45) is -0.0119. The summed E-state index contributed by atoms with van der Waals surface area (Å²) in [5, 5.41) is 23.9. The van der Waals surface area contributed by atoms with Crippen LogP contribution >= 0.6 is 0 Å². The molecule has 2 saturated heterocycles. The van der Waals surface area contributed by atoms with Gasteiger partial charge in [-0.05, 0) is 19.4 Å². The van der Waals surface area contributed by atoms with Crippen molar-refractivity contribution >= 4 is 33.2 Å². The molecule has 0 saturated carbocycles. The minimum Gasteiger partial charge on any atom is -0.388 e. The van der Waals surface area contributed by atoms with Crippen molar-refractivity contribution in [3.05, 3.63) is 12.7 Å². The van der Waals surface area contributed by atoms with E-state index in [2.05, 4.69) is 20.3 Å². The predicted octanol–water partition coefficient (Wildman–Crippen LogP) is -2.80. The number of hydrogen-bond acceptors (Lipinski definition) is 12. The highest BCUT2D eigenvalue weighted by Gasteiger charge is 2.41. The molecule has 5 atom stereocenters. The Labute approximate surface area is 177 Å². The third kappa shape index (κ3) is 4.46. The molecule has 0 bridgehead atoms. The molecule has 14 nitrogen and oxygen atoms in total. The summed E-state index contributed by atoms with van der Waals surface area (Å²) in [5.41, 5.74) is 6.46. The number of rotatable bonds is 6. The van der Waals surface area contributed by atoms with Gasteiger partial charge >= 0.3 is 10.3 Å². The van der Waals surface area contributed by atoms with Crippen LogP contribution in [0, 0.1) is 0 Å². The monoisotopic (exact) mass is 457 g/mol. The third-order valence-electron chi connectivity index (χ3n) is 5.34. The van der Waals surface area contributed by atoms with E-state index in [9.17, 15) is 23.4 Å². The second-order valence-electron chi connectivity index (χ2n) is 7.36. The first kappa shape index (κ1) is 21.8. The van der Waals surface area contributed by atoms with Crippen molar-refractivity contribution in [1.29, 1.82) is 0 Å². The zero-order chi connectivity index (χ0) is 22.2. The summed E-state index contributed by atoms with van der Waals surface area (Å²) in [6, 6.07) is -1.35. The number of ether oxygens (including phenoxy) is 1. The van der Waals surface area contributed by atoms with Crippen molar-refractivity contribution in [3.63, 3.8) is 0 Å². The second kappa shape index (κ2) is 8.60. The van der Waals surface area contributed by atoms with Gasteiger partial charge in [0.2, 0.25) is 0 Å². The molecule has 15 heteroatoms. The summed E-state index contributed by atoms with van der Waals surface area (Å²) in [4.78, 5) is 24.0. The quantitative estimate of drug-likeness (QED) is 0.298. The average molecular weight is 457 g/mol. The van der Waals surface area contributed by atoms with Crippen molar-refractivity contribution in [3.8, 4) is 0 Å². The van der Waals surface area contributed by atoms with Gasteiger partial charge in [0.1, 0.15) is 30.2 Å². The van der Waals surface area contributed by atoms with Crippen LogP contribution in [-0.2, 0) is 24.0 Å². The van der Waals surface area contributed by atoms with Gasteiger partial charge in [-0.3, -0.25) is 8.98 Å². The number of nitrogens with two attached hydrogens (primary N) is 1. The standard InChI is InChI=1S/C16H23N7O7S/c17-14-11-15(20-6-19-14)23(7-21-11)9-4-29-10(13(25)12(9)24)5-30-31(27,28)22-16(26)8-2-1-3-18-8/h6-10,12-13,18,24-25H,1-5H2,(H,22,26)(H2,17,19,20)/t8-,9+,10+,12-,13+/m0/s1. The van der Waals surface area contributed by atoms with E-state index in [4.69, 9.17) is 14.7 Å². The van der Waals surface area contributed by atoms with E-state index in [0.717, 1.165) is 6.42 Å². The number of carbonyl (C=O) groups is 1. The summed E-state index contributed by atoms with van der Waals surface area (Å²) < 4.78 is 37.7. The van der Waals surface area contributed by atoms with E-state index in [0.29, 0.717) is 24.1 Å². The van der Waals surface area contributed by atoms with Crippen LogP contribution in [0.3, 0.4) is 0 Å². The first-order valence-electron chi connectivity index (χ1n) is 9.62. The molecule has 170 valence electrons. The maximum atomic E-state index is 12.0. The maximum absolute atomic E-state index is 12.0. The molecule has 2 aromatic rings. The number of anilines is 1. The van der Waals surface area contributed by atoms with E-state index in [1.807, 2.05) is 4.72 Å². The van der Waals surface area contributed by atoms with Gasteiger partial charge in [0.05, 0.1) is 31.6 Å². The molecule has 1 amide bonds. The van der Waals surface area contributed by atoms with Crippen molar-refractivity contribution in [1.82, 2.24) is 29.6 Å². The van der Waals surface area contributed by atoms with Gasteiger partial charge in [-0.2, -0.15) is 8.42 Å². The van der Waals surface area contributed by atoms with Crippen LogP contribution in [0.2, 0.25) is 0 Å². The number of fused-ring (bicyclic) bond motifs is 1. The summed E-state index contributed by atoms with van der Waals surface area (Å²) in [5.74, 6) is -0.544. The lowest BCUT2D eigenvalue weighted by molar-refractivity contribution is -0.166. The number of nitrogens with one attached hydrogen (secondary N) is 2. The van der Waals surface area contributed by atoms with Gasteiger partial charge < -0.3 is 30.6 Å². The Morgan fingerprint density at radius 1 is 1.35 bits per heavy atom. The zero-order valence-corrected chi connectivity index (χ0v) is 17.1. The van der Waals surface area contributed by atoms with Gasteiger partial charge in [0, 0.05) is 0 Å². The Balaban J connectivity index is 1.38. The number of aliphatic hydroxyl groups excluding tert-OH is 2. The highest BCUT2D eigenvalue weighted by molar-refractivity contribution is 7.85. The van der Waals surface area contributed by atoms with Crippen LogP contribution in [-0.4, -0.2) is 88.2 Å². The first-order chi connectivity index (χ1) is 14.8. The number of hydrogen-bond donors (Lipinski definition) is 5. The minimum atomic E-state index is -4.41. The lowest BCUT2D eigenvalue weighted by Gasteiger charge is -2.37. The van der Waals surface area contributed by atoms with Crippen LogP contribution < -0.4 is 15.8 Å². The molecule has 0 radical (unpaired) electrons. The van der Waals surface area contributed by atoms with Gasteiger partial charge in [-0.25, -0.2) is 19.7 Å². The van der Waals surface area contributed by atoms with Crippen molar-refractivity contribution in [2.75, 3.05) is 25.5 Å². The topological polar surface area (TPSA) is 204 Å². The second-order valence-corrected chi connectivity index (χ2v) is 8.71. The Bertz CT molecular complexity index is 1060. The highest BCUT2D eigenvalue weighted by Crippen LogP contribution is 2.28. The molecule has 2 aromatic heterocycles. The lowest BCUT2D eigenvalue weighted by atomic mass is 9.98. The van der Waals surface area contributed by atoms with Gasteiger partial charge in [-0.15, -0.1) is 0 Å². The Morgan fingerprint density at radius 2 is 2.16 bits per heavy atom. The van der Waals surface area contributed by atoms with Crippen LogP contribution in [0.5, 0.6) is 0 Å². The van der Waals surface area contributed by atoms with Crippen molar-refractivity contribution in [2.24, 2.45) is 0 Å². The molecule has 0 aromatic carbocycles. The molecule has 2 aliphatic heterocycles. The Hall–Kier alpha value is -2.43. The SMILES string of the molecule is Nc1ncnc2c1ncn2[C@@H]1CO[C@H](COS(=O)(=O)NC(=O)[C@@H]2CCCN2)[C@@H](O)[C@H]1O. The van der Waals surface area contributed by atoms with E-state index in [1.165, 1.54) is 17.2 Å². The number of nitrogen functional groups attached to an aromatic ring is 1. The minimum absolute atomic E-state index is 0.0833. The third-order valence-corrected chi connectivity index (χ3v) is 6.24. The fraction of sp³-hybridized carbons (Fsp3) is 0.625. The summed E-state index contributed by atoms with van der Waals surface area (Å²) in [6.45, 7) is -0.0452. The number of imidazole rings is 1. The van der Waals surface area contributed by atoms with Crippen LogP contribution in [0.1, 0.15) is 18.9 Å². The summed E-state index contributed by atoms with van der Waals surface area (Å²) >= 11 is 0. The molecule has 4 rings (SSSR count). The molecular formula is C16H23N7O7S. The molecule has 0 spiro atoms. The van der Waals surface area contributed by atoms with Crippen molar-refractivity contribution < 1.29 is 32.3 Å². The fourth-order valence-electron chi connectivity index (χ4n) is 3.66. The normalized spacial score (nSPS) is 29.3. The number of nitrogens with zero attached hydrogens (tertiary/aromatic N) is 4. The van der Waals surface area contributed by atoms with E-state index < -0.39 is 53.2 Å². The number of aliphatic hydroxyl groups is 2. The predicted molar refractivity (Wildman–Crippen MR) is 105 cm³/mol. The molecule has 0 unspecified atom stereocenters. The first-order valence-corrected chi connectivity index (χ1v) is 11.0. The average Bonchev–Trinajstić information content (AvgIpc) is 3.40. The molecule has 4 heterocycles. The van der Waals surface area contributed by atoms with Gasteiger partial charge in [-0.1, -0.05) is 0 Å². The smallest absolute Gasteiger partial charge is 0.362 e. The maximum Gasteiger partial charge on any atom is 0.362 e. The van der Waals surface area contributed by atoms with Crippen LogP contribution in [0.15, 0.2) is 12.7 Å². The Kier molecular flexibility index (Phi) is 6.05. The van der Waals surface area contributed by atoms with Crippen LogP contribution in [0.4, 0.5) is 5.82 Å². The summed E-state index contributed by atoms with van der Waals surface area (Å²) in [7, 11) is -4.41. The van der Waals surface area contributed by atoms with Crippen molar-refractivity contribution in [2.45, 2.75) is 43.2 Å². The van der Waals surface area contributed by atoms with Gasteiger partial charge in [0.15, 0.2) is 11.5 Å². The molecule has 2 aliphatic rings. The number of amides is 1. The molecule has 2 fully saturated rings. The highest BCUT2D eigenvalue weighted by atomic mass is 32.2. The zero-order valence-electron chi connectivity index (χ0n) is 16.3. The van der Waals surface area contributed by atoms with E-state index in [-0.39, 0.29) is 12.4 Å². The lowest BCUT2D eigenvalue weighted by Crippen LogP contribution is -2.53. The molecule has 0 aliphatic carbocycles. The number of carbonyl (C=O) groups excluding carboxylic acids is 1. The fourth-order valence-corrected chi connectivity index (χ4v) is 4.42. The largest absolute Gasteiger partial charge is 0.388 e. The molecular weight excluding hydrogens is 434 g/mol. The molecule has 31 heavy (non-hydrogen) atoms. The van der Waals surface area contributed by atoms with Crippen LogP contribution in [0.25, 0.3) is 11.2 Å². The number of aromatic nitrogens is 4. The molecule has 6 N–H and O–H groups in total. The van der Waals surface area contributed by atoms with E-state index in [1.54, 1.807) is 0 Å². The van der Waals surface area contributed by atoms with Gasteiger partial charge in [0.25, 0.3) is 5.91 Å². The Morgan fingerprint density at radius 3 is 2.90 bits per heavy atom. The van der Waals surface area contributed by atoms with E-state index >= 15 is 0 Å².